The van der Waals surface area contributed by atoms with E-state index in [4.69, 9.17) is 11.6 Å². The van der Waals surface area contributed by atoms with Crippen molar-refractivity contribution in [2.75, 3.05) is 30.4 Å². The highest BCUT2D eigenvalue weighted by Crippen LogP contribution is 2.35. The Kier molecular flexibility index (Phi) is 5.68. The van der Waals surface area contributed by atoms with E-state index in [2.05, 4.69) is 15.1 Å². The Balaban J connectivity index is 1.37. The van der Waals surface area contributed by atoms with Crippen LogP contribution < -0.4 is 10.2 Å². The van der Waals surface area contributed by atoms with Crippen molar-refractivity contribution >= 4 is 29.1 Å². The first-order valence-electron chi connectivity index (χ1n) is 11.3. The average Bonchev–Trinajstić information content (AvgIpc) is 3.70. The van der Waals surface area contributed by atoms with Gasteiger partial charge in [0.1, 0.15) is 0 Å². The SMILES string of the molecule is [C-]#[N+]CCN(C(=O)c1ccc(Nc2ncc3c(n2)-c2ccccc2N(C)C(=O)C3)cc1)C1CC1. The van der Waals surface area contributed by atoms with Gasteiger partial charge in [0, 0.05) is 41.7 Å². The maximum absolute atomic E-state index is 12.9. The maximum atomic E-state index is 12.9. The number of carbonyl (C=O) groups excluding carboxylic acids is 2. The molecule has 0 radical (unpaired) electrons. The number of hydrogen-bond acceptors (Lipinski definition) is 5. The molecule has 2 aromatic carbocycles. The lowest BCUT2D eigenvalue weighted by Crippen LogP contribution is -2.35. The summed E-state index contributed by atoms with van der Waals surface area (Å²) in [5.41, 5.74) is 4.57. The number of nitrogens with zero attached hydrogens (tertiary/aromatic N) is 5. The van der Waals surface area contributed by atoms with Crippen molar-refractivity contribution in [2.45, 2.75) is 25.3 Å². The number of anilines is 3. The number of fused-ring (bicyclic) bond motifs is 3. The molecular formula is C26H24N6O2. The highest BCUT2D eigenvalue weighted by molar-refractivity contribution is 6.01. The van der Waals surface area contributed by atoms with Crippen LogP contribution in [0, 0.1) is 6.57 Å². The summed E-state index contributed by atoms with van der Waals surface area (Å²) < 4.78 is 0. The van der Waals surface area contributed by atoms with Crippen LogP contribution in [-0.4, -0.2) is 52.9 Å². The summed E-state index contributed by atoms with van der Waals surface area (Å²) in [7, 11) is 1.77. The van der Waals surface area contributed by atoms with E-state index in [-0.39, 0.29) is 24.3 Å². The topological polar surface area (TPSA) is 82.8 Å². The molecule has 1 fully saturated rings. The first kappa shape index (κ1) is 21.6. The number of para-hydroxylation sites is 1. The molecule has 0 saturated heterocycles. The zero-order valence-electron chi connectivity index (χ0n) is 18.9. The number of rotatable bonds is 6. The smallest absolute Gasteiger partial charge is 0.254 e. The fraction of sp³-hybridized carbons (Fsp3) is 0.269. The Morgan fingerprint density at radius 2 is 1.97 bits per heavy atom. The molecule has 8 heteroatoms. The molecule has 5 rings (SSSR count). The molecule has 0 unspecified atom stereocenters. The van der Waals surface area contributed by atoms with Crippen LogP contribution >= 0.6 is 0 Å². The van der Waals surface area contributed by atoms with Crippen LogP contribution in [0.5, 0.6) is 0 Å². The normalized spacial score (nSPS) is 14.5. The Labute approximate surface area is 198 Å². The van der Waals surface area contributed by atoms with Crippen LogP contribution in [-0.2, 0) is 11.2 Å². The number of nitrogens with one attached hydrogen (secondary N) is 1. The van der Waals surface area contributed by atoms with E-state index in [9.17, 15) is 9.59 Å². The molecule has 1 aliphatic carbocycles. The average molecular weight is 453 g/mol. The van der Waals surface area contributed by atoms with Crippen LogP contribution in [0.1, 0.15) is 28.8 Å². The predicted molar refractivity (Wildman–Crippen MR) is 130 cm³/mol. The zero-order chi connectivity index (χ0) is 23.7. The molecule has 0 spiro atoms. The summed E-state index contributed by atoms with van der Waals surface area (Å²) in [5.74, 6) is 0.373. The second kappa shape index (κ2) is 8.94. The molecule has 1 saturated carbocycles. The van der Waals surface area contributed by atoms with E-state index in [1.165, 1.54) is 0 Å². The van der Waals surface area contributed by atoms with Gasteiger partial charge >= 0.3 is 0 Å². The molecule has 0 atom stereocenters. The first-order chi connectivity index (χ1) is 16.5. The summed E-state index contributed by atoms with van der Waals surface area (Å²) in [6, 6.07) is 15.2. The highest BCUT2D eigenvalue weighted by atomic mass is 16.2. The van der Waals surface area contributed by atoms with E-state index >= 15 is 0 Å². The predicted octanol–water partition coefficient (Wildman–Crippen LogP) is 3.93. The molecular weight excluding hydrogens is 428 g/mol. The quantitative estimate of drug-likeness (QED) is 0.573. The largest absolute Gasteiger partial charge is 0.328 e. The molecule has 2 aliphatic rings. The van der Waals surface area contributed by atoms with Crippen molar-refractivity contribution in [3.05, 3.63) is 77.3 Å². The van der Waals surface area contributed by atoms with Crippen molar-refractivity contribution < 1.29 is 9.59 Å². The van der Waals surface area contributed by atoms with Gasteiger partial charge in [-0.1, -0.05) is 18.2 Å². The van der Waals surface area contributed by atoms with Crippen molar-refractivity contribution in [1.82, 2.24) is 14.9 Å². The van der Waals surface area contributed by atoms with Gasteiger partial charge in [-0.2, -0.15) is 0 Å². The minimum atomic E-state index is -0.0376. The lowest BCUT2D eigenvalue weighted by molar-refractivity contribution is -0.117. The van der Waals surface area contributed by atoms with Gasteiger partial charge in [0.2, 0.25) is 18.4 Å². The van der Waals surface area contributed by atoms with E-state index in [0.29, 0.717) is 24.6 Å². The summed E-state index contributed by atoms with van der Waals surface area (Å²) in [6.45, 7) is 7.81. The highest BCUT2D eigenvalue weighted by Gasteiger charge is 2.33. The van der Waals surface area contributed by atoms with E-state index < -0.39 is 0 Å². The summed E-state index contributed by atoms with van der Waals surface area (Å²) >= 11 is 0. The molecule has 0 bridgehead atoms. The lowest BCUT2D eigenvalue weighted by atomic mass is 10.1. The summed E-state index contributed by atoms with van der Waals surface area (Å²) in [6.07, 6.45) is 3.94. The van der Waals surface area contributed by atoms with Crippen molar-refractivity contribution in [2.24, 2.45) is 0 Å². The Morgan fingerprint density at radius 3 is 2.71 bits per heavy atom. The Hall–Kier alpha value is -4.25. The van der Waals surface area contributed by atoms with Crippen LogP contribution in [0.15, 0.2) is 54.7 Å². The van der Waals surface area contributed by atoms with Gasteiger partial charge in [0.25, 0.3) is 5.91 Å². The van der Waals surface area contributed by atoms with Crippen molar-refractivity contribution in [1.29, 1.82) is 0 Å². The minimum Gasteiger partial charge on any atom is -0.328 e. The van der Waals surface area contributed by atoms with E-state index in [1.807, 2.05) is 41.3 Å². The van der Waals surface area contributed by atoms with Gasteiger partial charge in [-0.15, -0.1) is 0 Å². The fourth-order valence-electron chi connectivity index (χ4n) is 4.20. The molecule has 1 aromatic heterocycles. The van der Waals surface area contributed by atoms with Gasteiger partial charge in [0.05, 0.1) is 24.3 Å². The molecule has 2 amide bonds. The molecule has 170 valence electrons. The standard InChI is InChI=1S/C26H24N6O2/c1-27-13-14-32(20-11-12-20)25(34)17-7-9-19(10-8-17)29-26-28-16-18-15-23(33)31(2)22-6-4-3-5-21(22)24(18)30-26/h3-10,16,20H,11-15H2,2H3,(H,28,29,30). The van der Waals surface area contributed by atoms with Gasteiger partial charge < -0.3 is 20.0 Å². The van der Waals surface area contributed by atoms with Crippen LogP contribution in [0.2, 0.25) is 0 Å². The zero-order valence-corrected chi connectivity index (χ0v) is 18.9. The summed E-state index contributed by atoms with van der Waals surface area (Å²) in [4.78, 5) is 41.5. The van der Waals surface area contributed by atoms with E-state index in [0.717, 1.165) is 41.0 Å². The van der Waals surface area contributed by atoms with Crippen LogP contribution in [0.3, 0.4) is 0 Å². The van der Waals surface area contributed by atoms with Crippen molar-refractivity contribution in [3.63, 3.8) is 0 Å². The third-order valence-corrected chi connectivity index (χ3v) is 6.19. The van der Waals surface area contributed by atoms with Crippen LogP contribution in [0.25, 0.3) is 16.1 Å². The lowest BCUT2D eigenvalue weighted by Gasteiger charge is -2.20. The molecule has 3 aromatic rings. The molecule has 2 heterocycles. The molecule has 1 aliphatic heterocycles. The second-order valence-corrected chi connectivity index (χ2v) is 8.53. The van der Waals surface area contributed by atoms with Gasteiger partial charge in [0.15, 0.2) is 0 Å². The number of carbonyl (C=O) groups is 2. The number of benzene rings is 2. The first-order valence-corrected chi connectivity index (χ1v) is 11.3. The molecule has 1 N–H and O–H groups in total. The Bertz CT molecular complexity index is 1290. The third-order valence-electron chi connectivity index (χ3n) is 6.19. The minimum absolute atomic E-state index is 0.00703. The number of likely N-dealkylation sites (N-methyl/N-ethyl adjacent to an activating group) is 1. The number of hydrogen-bond donors (Lipinski definition) is 1. The maximum Gasteiger partial charge on any atom is 0.254 e. The van der Waals surface area contributed by atoms with Crippen molar-refractivity contribution in [3.8, 4) is 11.3 Å². The monoisotopic (exact) mass is 452 g/mol. The number of aromatic nitrogens is 2. The number of amides is 2. The van der Waals surface area contributed by atoms with Gasteiger partial charge in [-0.25, -0.2) is 16.5 Å². The van der Waals surface area contributed by atoms with Crippen LogP contribution in [0.4, 0.5) is 17.3 Å². The second-order valence-electron chi connectivity index (χ2n) is 8.53. The summed E-state index contributed by atoms with van der Waals surface area (Å²) in [5, 5.41) is 3.21. The third kappa shape index (κ3) is 4.20. The fourth-order valence-corrected chi connectivity index (χ4v) is 4.20. The van der Waals surface area contributed by atoms with E-state index in [1.54, 1.807) is 30.3 Å². The van der Waals surface area contributed by atoms with Gasteiger partial charge in [-0.05, 0) is 43.2 Å². The Morgan fingerprint density at radius 1 is 1.21 bits per heavy atom. The van der Waals surface area contributed by atoms with Gasteiger partial charge in [-0.3, -0.25) is 9.59 Å². The molecule has 34 heavy (non-hydrogen) atoms. The molecule has 8 nitrogen and oxygen atoms in total.